The summed E-state index contributed by atoms with van der Waals surface area (Å²) in [7, 11) is 0. The number of benzene rings is 2. The van der Waals surface area contributed by atoms with Gasteiger partial charge in [-0.15, -0.1) is 0 Å². The molecule has 1 N–H and O–H groups in total. The van der Waals surface area contributed by atoms with Crippen molar-refractivity contribution in [3.63, 3.8) is 0 Å². The summed E-state index contributed by atoms with van der Waals surface area (Å²) < 4.78 is 13.9. The number of amides is 1. The smallest absolute Gasteiger partial charge is 0.251 e. The molecule has 1 unspecified atom stereocenters. The normalized spacial score (nSPS) is 15.8. The largest absolute Gasteiger partial charge is 0.593 e. The summed E-state index contributed by atoms with van der Waals surface area (Å²) in [5.74, 6) is -0.00238. The third kappa shape index (κ3) is 4.77. The highest BCUT2D eigenvalue weighted by atomic mass is 32.2. The Kier molecular flexibility index (Phi) is 6.00. The van der Waals surface area contributed by atoms with Crippen molar-refractivity contribution in [1.82, 2.24) is 5.32 Å². The van der Waals surface area contributed by atoms with Crippen LogP contribution in [0.15, 0.2) is 54.6 Å². The quantitative estimate of drug-likeness (QED) is 0.804. The monoisotopic (exact) mass is 356 g/mol. The summed E-state index contributed by atoms with van der Waals surface area (Å²) in [6, 6.07) is 17.6. The van der Waals surface area contributed by atoms with Crippen LogP contribution >= 0.6 is 0 Å². The summed E-state index contributed by atoms with van der Waals surface area (Å²) in [6.45, 7) is 0.539. The van der Waals surface area contributed by atoms with Gasteiger partial charge in [-0.2, -0.15) is 4.31 Å². The van der Waals surface area contributed by atoms with Crippen LogP contribution in [0.3, 0.4) is 0 Å². The third-order valence-electron chi connectivity index (χ3n) is 4.59. The van der Waals surface area contributed by atoms with Gasteiger partial charge in [0.1, 0.15) is 6.26 Å². The topological polar surface area (TPSA) is 55.4 Å². The van der Waals surface area contributed by atoms with Crippen molar-refractivity contribution in [2.45, 2.75) is 38.3 Å². The molecule has 1 atom stereocenters. The van der Waals surface area contributed by atoms with Crippen molar-refractivity contribution in [2.24, 2.45) is 0 Å². The first-order valence-corrected chi connectivity index (χ1v) is 10.2. The van der Waals surface area contributed by atoms with E-state index in [2.05, 4.69) is 5.32 Å². The minimum Gasteiger partial charge on any atom is -0.593 e. The Morgan fingerprint density at radius 2 is 1.76 bits per heavy atom. The Hall–Kier alpha value is -1.98. The fourth-order valence-electron chi connectivity index (χ4n) is 3.19. The number of hydrogen-bond acceptors (Lipinski definition) is 3. The van der Waals surface area contributed by atoms with E-state index >= 15 is 0 Å². The van der Waals surface area contributed by atoms with Gasteiger partial charge in [-0.3, -0.25) is 4.79 Å². The predicted octanol–water partition coefficient (Wildman–Crippen LogP) is 3.66. The van der Waals surface area contributed by atoms with E-state index in [1.807, 2.05) is 58.9 Å². The molecule has 25 heavy (non-hydrogen) atoms. The zero-order chi connectivity index (χ0) is 17.6. The lowest BCUT2D eigenvalue weighted by molar-refractivity contribution is 0.0938. The molecule has 0 aromatic heterocycles. The molecule has 1 saturated carbocycles. The highest BCUT2D eigenvalue weighted by Gasteiger charge is 2.19. The number of carbonyl (C=O) groups is 1. The summed E-state index contributed by atoms with van der Waals surface area (Å²) in [6.07, 6.45) is 6.24. The second-order valence-corrected chi connectivity index (χ2v) is 7.74. The molecule has 2 aromatic rings. The Morgan fingerprint density at radius 1 is 1.12 bits per heavy atom. The van der Waals surface area contributed by atoms with Crippen LogP contribution in [0.1, 0.15) is 41.6 Å². The van der Waals surface area contributed by atoms with Crippen LogP contribution in [0.5, 0.6) is 0 Å². The number of rotatable bonds is 6. The molecule has 0 radical (unpaired) electrons. The predicted molar refractivity (Wildman–Crippen MR) is 103 cm³/mol. The fourth-order valence-corrected chi connectivity index (χ4v) is 3.94. The molecule has 2 aromatic carbocycles. The van der Waals surface area contributed by atoms with Gasteiger partial charge in [0.05, 0.1) is 23.6 Å². The summed E-state index contributed by atoms with van der Waals surface area (Å²) in [5, 5.41) is 3.10. The van der Waals surface area contributed by atoms with Gasteiger partial charge in [0.2, 0.25) is 0 Å². The second kappa shape index (κ2) is 8.41. The van der Waals surface area contributed by atoms with Crippen molar-refractivity contribution < 1.29 is 9.35 Å². The Balaban J connectivity index is 1.65. The van der Waals surface area contributed by atoms with Gasteiger partial charge in [0.25, 0.3) is 5.91 Å². The molecule has 1 aliphatic carbocycles. The van der Waals surface area contributed by atoms with Gasteiger partial charge >= 0.3 is 0 Å². The van der Waals surface area contributed by atoms with E-state index < -0.39 is 11.4 Å². The first kappa shape index (κ1) is 17.8. The van der Waals surface area contributed by atoms with Crippen molar-refractivity contribution in [2.75, 3.05) is 10.6 Å². The molecule has 1 fully saturated rings. The molecule has 132 valence electrons. The first-order valence-electron chi connectivity index (χ1n) is 8.69. The Morgan fingerprint density at radius 3 is 2.36 bits per heavy atom. The van der Waals surface area contributed by atoms with E-state index in [0.717, 1.165) is 24.1 Å². The van der Waals surface area contributed by atoms with E-state index in [1.54, 1.807) is 6.26 Å². The maximum absolute atomic E-state index is 12.3. The average molecular weight is 356 g/mol. The minimum absolute atomic E-state index is 0.00238. The molecule has 4 nitrogen and oxygen atoms in total. The van der Waals surface area contributed by atoms with E-state index in [0.29, 0.717) is 18.2 Å². The molecule has 0 saturated heterocycles. The highest BCUT2D eigenvalue weighted by molar-refractivity contribution is 7.92. The van der Waals surface area contributed by atoms with Gasteiger partial charge < -0.3 is 9.87 Å². The van der Waals surface area contributed by atoms with Crippen LogP contribution in [0.25, 0.3) is 0 Å². The molecule has 0 aliphatic heterocycles. The van der Waals surface area contributed by atoms with Crippen LogP contribution in [0, 0.1) is 0 Å². The summed E-state index contributed by atoms with van der Waals surface area (Å²) >= 11 is -1.12. The maximum atomic E-state index is 12.3. The summed E-state index contributed by atoms with van der Waals surface area (Å²) in [4.78, 5) is 12.3. The average Bonchev–Trinajstić information content (AvgIpc) is 3.13. The van der Waals surface area contributed by atoms with Crippen LogP contribution in [0.4, 0.5) is 5.69 Å². The molecule has 5 heteroatoms. The number of hydrogen-bond donors (Lipinski definition) is 1. The van der Waals surface area contributed by atoms with E-state index in [9.17, 15) is 9.35 Å². The van der Waals surface area contributed by atoms with Crippen LogP contribution in [-0.2, 0) is 17.9 Å². The highest BCUT2D eigenvalue weighted by Crippen LogP contribution is 2.21. The van der Waals surface area contributed by atoms with Crippen molar-refractivity contribution in [1.29, 1.82) is 0 Å². The van der Waals surface area contributed by atoms with Crippen molar-refractivity contribution in [3.8, 4) is 0 Å². The van der Waals surface area contributed by atoms with Crippen molar-refractivity contribution >= 4 is 23.0 Å². The van der Waals surface area contributed by atoms with E-state index in [1.165, 1.54) is 12.8 Å². The Labute approximate surface area is 152 Å². The molecule has 0 spiro atoms. The lowest BCUT2D eigenvalue weighted by Crippen LogP contribution is -2.32. The van der Waals surface area contributed by atoms with Gasteiger partial charge in [-0.25, -0.2) is 0 Å². The van der Waals surface area contributed by atoms with Crippen LogP contribution in [0.2, 0.25) is 0 Å². The number of anilines is 1. The van der Waals surface area contributed by atoms with Gasteiger partial charge in [0, 0.05) is 11.6 Å². The fraction of sp³-hybridized carbons (Fsp3) is 0.350. The van der Waals surface area contributed by atoms with Gasteiger partial charge in [0.15, 0.2) is 0 Å². The number of nitrogens with one attached hydrogen (secondary N) is 1. The molecular weight excluding hydrogens is 332 g/mol. The summed E-state index contributed by atoms with van der Waals surface area (Å²) in [5.41, 5.74) is 2.63. The van der Waals surface area contributed by atoms with E-state index in [-0.39, 0.29) is 5.91 Å². The molecule has 3 rings (SSSR count). The van der Waals surface area contributed by atoms with Gasteiger partial charge in [-0.1, -0.05) is 43.2 Å². The van der Waals surface area contributed by atoms with E-state index in [4.69, 9.17) is 0 Å². The number of carbonyl (C=O) groups excluding carboxylic acids is 1. The zero-order valence-electron chi connectivity index (χ0n) is 14.5. The SMILES string of the molecule is C[S+]([O-])N(Cc1ccc(C(=O)NC2CCCC2)cc1)c1ccccc1. The Bertz CT molecular complexity index is 683. The van der Waals surface area contributed by atoms with Crippen molar-refractivity contribution in [3.05, 3.63) is 65.7 Å². The second-order valence-electron chi connectivity index (χ2n) is 6.45. The molecule has 1 aliphatic rings. The maximum Gasteiger partial charge on any atom is 0.251 e. The lowest BCUT2D eigenvalue weighted by Gasteiger charge is -2.23. The minimum atomic E-state index is -1.12. The third-order valence-corrected chi connectivity index (χ3v) is 5.55. The standard InChI is InChI=1S/C20H24N2O2S/c1-25(24)22(19-9-3-2-4-10-19)15-16-11-13-17(14-12-16)20(23)21-18-7-5-6-8-18/h2-4,9-14,18H,5-8,15H2,1H3,(H,21,23). The first-order chi connectivity index (χ1) is 12.1. The molecule has 0 bridgehead atoms. The van der Waals surface area contributed by atoms with Gasteiger partial charge in [-0.05, 0) is 42.7 Å². The zero-order valence-corrected chi connectivity index (χ0v) is 15.3. The van der Waals surface area contributed by atoms with Crippen LogP contribution < -0.4 is 9.62 Å². The lowest BCUT2D eigenvalue weighted by atomic mass is 10.1. The van der Waals surface area contributed by atoms with Crippen LogP contribution in [-0.4, -0.2) is 22.8 Å². The number of nitrogens with zero attached hydrogens (tertiary/aromatic N) is 1. The molecule has 0 heterocycles. The molecule has 1 amide bonds. The molecular formula is C20H24N2O2S. The number of para-hydroxylation sites is 1.